The number of anilines is 3. The summed E-state index contributed by atoms with van der Waals surface area (Å²) in [6, 6.07) is 14.9. The molecule has 164 valence electrons. The number of benzene rings is 2. The first-order valence-electron chi connectivity index (χ1n) is 10.7. The lowest BCUT2D eigenvalue weighted by Gasteiger charge is -2.15. The first-order chi connectivity index (χ1) is 15.7. The molecule has 9 heteroatoms. The minimum Gasteiger partial charge on any atom is -0.492 e. The maximum atomic E-state index is 12.9. The van der Waals surface area contributed by atoms with Crippen LogP contribution in [0.25, 0.3) is 10.9 Å². The molecule has 0 saturated carbocycles. The van der Waals surface area contributed by atoms with Gasteiger partial charge in [-0.15, -0.1) is 5.10 Å². The Morgan fingerprint density at radius 2 is 1.94 bits per heavy atom. The van der Waals surface area contributed by atoms with E-state index in [1.54, 1.807) is 12.1 Å². The highest BCUT2D eigenvalue weighted by molar-refractivity contribution is 6.00. The minimum atomic E-state index is -0.346. The van der Waals surface area contributed by atoms with Crippen LogP contribution in [0.2, 0.25) is 0 Å². The predicted molar refractivity (Wildman–Crippen MR) is 123 cm³/mol. The third-order valence-corrected chi connectivity index (χ3v) is 5.61. The van der Waals surface area contributed by atoms with Crippen molar-refractivity contribution in [2.45, 2.75) is 12.8 Å². The van der Waals surface area contributed by atoms with Crippen molar-refractivity contribution < 1.29 is 9.53 Å². The van der Waals surface area contributed by atoms with E-state index in [2.05, 4.69) is 25.3 Å². The predicted octanol–water partition coefficient (Wildman–Crippen LogP) is 3.25. The number of nitrogen functional groups attached to an aromatic ring is 1. The molecule has 0 radical (unpaired) electrons. The molecule has 0 bridgehead atoms. The van der Waals surface area contributed by atoms with Gasteiger partial charge in [0.2, 0.25) is 11.9 Å². The second-order valence-electron chi connectivity index (χ2n) is 7.84. The van der Waals surface area contributed by atoms with Crippen molar-refractivity contribution in [3.8, 4) is 5.75 Å². The third-order valence-electron chi connectivity index (χ3n) is 5.61. The monoisotopic (exact) mass is 431 g/mol. The Morgan fingerprint density at radius 1 is 1.12 bits per heavy atom. The Hall–Kier alpha value is -3.85. The molecule has 9 nitrogen and oxygen atoms in total. The lowest BCUT2D eigenvalue weighted by atomic mass is 10.1. The van der Waals surface area contributed by atoms with Crippen molar-refractivity contribution in [1.82, 2.24) is 24.6 Å². The number of aromatic nitrogens is 4. The molecule has 0 aliphatic carbocycles. The number of nitrogens with one attached hydrogen (secondary N) is 2. The average Bonchev–Trinajstić information content (AvgIpc) is 3.55. The van der Waals surface area contributed by atoms with Crippen molar-refractivity contribution >= 4 is 34.4 Å². The summed E-state index contributed by atoms with van der Waals surface area (Å²) in [5, 5.41) is 8.34. The number of H-pyrrole nitrogens is 1. The molecule has 1 fully saturated rings. The van der Waals surface area contributed by atoms with E-state index in [1.165, 1.54) is 12.8 Å². The summed E-state index contributed by atoms with van der Waals surface area (Å²) in [5.41, 5.74) is 8.07. The zero-order valence-corrected chi connectivity index (χ0v) is 17.6. The van der Waals surface area contributed by atoms with Gasteiger partial charge in [0.1, 0.15) is 12.4 Å². The maximum Gasteiger partial charge on any atom is 0.281 e. The zero-order valence-electron chi connectivity index (χ0n) is 17.6. The second kappa shape index (κ2) is 8.72. The van der Waals surface area contributed by atoms with Crippen molar-refractivity contribution in [2.75, 3.05) is 37.3 Å². The third kappa shape index (κ3) is 4.28. The molecule has 0 spiro atoms. The molecular weight excluding hydrogens is 406 g/mol. The smallest absolute Gasteiger partial charge is 0.281 e. The average molecular weight is 432 g/mol. The van der Waals surface area contributed by atoms with Crippen LogP contribution in [0.15, 0.2) is 54.7 Å². The summed E-state index contributed by atoms with van der Waals surface area (Å²) in [5.74, 6) is 0.731. The number of ether oxygens (including phenoxy) is 1. The number of rotatable bonds is 7. The number of carbonyl (C=O) groups is 1. The Morgan fingerprint density at radius 3 is 2.75 bits per heavy atom. The molecule has 2 aromatic heterocycles. The second-order valence-corrected chi connectivity index (χ2v) is 7.84. The van der Waals surface area contributed by atoms with Gasteiger partial charge in [-0.25, -0.2) is 0 Å². The fourth-order valence-electron chi connectivity index (χ4n) is 3.89. The normalized spacial score (nSPS) is 14.1. The molecule has 0 amide bonds. The molecule has 4 aromatic rings. The Kier molecular flexibility index (Phi) is 5.47. The Bertz CT molecular complexity index is 1220. The first kappa shape index (κ1) is 20.1. The number of likely N-dealkylation sites (tertiary alicyclic amines) is 1. The molecule has 1 aliphatic heterocycles. The van der Waals surface area contributed by atoms with Gasteiger partial charge >= 0.3 is 0 Å². The van der Waals surface area contributed by atoms with Crippen LogP contribution in [-0.4, -0.2) is 56.8 Å². The number of hydrogen-bond donors (Lipinski definition) is 3. The summed E-state index contributed by atoms with van der Waals surface area (Å²) < 4.78 is 6.93. The largest absolute Gasteiger partial charge is 0.492 e. The van der Waals surface area contributed by atoms with E-state index >= 15 is 0 Å². The molecule has 2 aromatic carbocycles. The number of hydrogen-bond acceptors (Lipinski definition) is 7. The molecule has 5 rings (SSSR count). The lowest BCUT2D eigenvalue weighted by molar-refractivity contribution is 0.0948. The van der Waals surface area contributed by atoms with Gasteiger partial charge < -0.3 is 20.8 Å². The topological polar surface area (TPSA) is 114 Å². The summed E-state index contributed by atoms with van der Waals surface area (Å²) in [4.78, 5) is 22.5. The minimum absolute atomic E-state index is 0.0194. The highest BCUT2D eigenvalue weighted by Crippen LogP contribution is 2.20. The summed E-state index contributed by atoms with van der Waals surface area (Å²) >= 11 is 0. The highest BCUT2D eigenvalue weighted by Gasteiger charge is 2.17. The van der Waals surface area contributed by atoms with E-state index in [9.17, 15) is 4.79 Å². The van der Waals surface area contributed by atoms with Crippen LogP contribution in [0.4, 0.5) is 17.6 Å². The fourth-order valence-corrected chi connectivity index (χ4v) is 3.89. The fraction of sp³-hybridized carbons (Fsp3) is 0.261. The number of carbonyl (C=O) groups excluding carboxylic acids is 1. The van der Waals surface area contributed by atoms with E-state index < -0.39 is 0 Å². The first-order valence-corrected chi connectivity index (χ1v) is 10.7. The van der Waals surface area contributed by atoms with Crippen molar-refractivity contribution in [2.24, 2.45) is 0 Å². The number of aromatic amines is 1. The van der Waals surface area contributed by atoms with Crippen LogP contribution >= 0.6 is 0 Å². The van der Waals surface area contributed by atoms with Crippen molar-refractivity contribution in [1.29, 1.82) is 0 Å². The van der Waals surface area contributed by atoms with E-state index in [1.807, 2.05) is 42.6 Å². The SMILES string of the molecule is Nc1nc(Nc2ccc(OCCN3CCCC3)cc2)nn1C(=O)c1ccc2cc[nH]c2c1. The van der Waals surface area contributed by atoms with Crippen molar-refractivity contribution in [3.05, 3.63) is 60.3 Å². The summed E-state index contributed by atoms with van der Waals surface area (Å²) in [6.45, 7) is 3.95. The molecule has 3 heterocycles. The molecule has 1 aliphatic rings. The molecule has 0 atom stereocenters. The van der Waals surface area contributed by atoms with Crippen LogP contribution in [0.1, 0.15) is 23.2 Å². The van der Waals surface area contributed by atoms with E-state index in [4.69, 9.17) is 10.5 Å². The van der Waals surface area contributed by atoms with Crippen LogP contribution in [0, 0.1) is 0 Å². The van der Waals surface area contributed by atoms with Gasteiger partial charge in [0, 0.05) is 29.5 Å². The van der Waals surface area contributed by atoms with Crippen molar-refractivity contribution in [3.63, 3.8) is 0 Å². The molecule has 4 N–H and O–H groups in total. The molecule has 32 heavy (non-hydrogen) atoms. The number of nitrogens with two attached hydrogens (primary N) is 1. The van der Waals surface area contributed by atoms with E-state index in [-0.39, 0.29) is 17.8 Å². The number of nitrogens with zero attached hydrogens (tertiary/aromatic N) is 4. The van der Waals surface area contributed by atoms with Crippen LogP contribution < -0.4 is 15.8 Å². The number of fused-ring (bicyclic) bond motifs is 1. The summed E-state index contributed by atoms with van der Waals surface area (Å²) in [6.07, 6.45) is 4.39. The Labute approximate surface area is 185 Å². The van der Waals surface area contributed by atoms with Gasteiger partial charge in [0.25, 0.3) is 5.91 Å². The zero-order chi connectivity index (χ0) is 21.9. The van der Waals surface area contributed by atoms with Gasteiger partial charge in [-0.2, -0.15) is 9.67 Å². The lowest BCUT2D eigenvalue weighted by Crippen LogP contribution is -2.25. The molecular formula is C23H25N7O2. The van der Waals surface area contributed by atoms with Crippen LogP contribution in [-0.2, 0) is 0 Å². The quantitative estimate of drug-likeness (QED) is 0.411. The highest BCUT2D eigenvalue weighted by atomic mass is 16.5. The maximum absolute atomic E-state index is 12.9. The van der Waals surface area contributed by atoms with Gasteiger partial charge in [-0.3, -0.25) is 9.69 Å². The Balaban J connectivity index is 1.22. The summed E-state index contributed by atoms with van der Waals surface area (Å²) in [7, 11) is 0. The van der Waals surface area contributed by atoms with E-state index in [0.29, 0.717) is 12.2 Å². The van der Waals surface area contributed by atoms with Crippen LogP contribution in [0.3, 0.4) is 0 Å². The van der Waals surface area contributed by atoms with Gasteiger partial charge in [0.15, 0.2) is 0 Å². The van der Waals surface area contributed by atoms with E-state index in [0.717, 1.165) is 46.7 Å². The van der Waals surface area contributed by atoms with Gasteiger partial charge in [-0.05, 0) is 73.8 Å². The van der Waals surface area contributed by atoms with Gasteiger partial charge in [0.05, 0.1) is 0 Å². The van der Waals surface area contributed by atoms with Gasteiger partial charge in [-0.1, -0.05) is 6.07 Å². The standard InChI is InChI=1S/C23H25N7O2/c24-22-27-23(28-30(22)21(31)17-4-3-16-9-10-25-20(16)15-17)26-18-5-7-19(8-6-18)32-14-13-29-11-1-2-12-29/h3-10,15,25H,1-2,11-14H2,(H3,24,26,27,28). The molecule has 0 unspecified atom stereocenters. The molecule has 1 saturated heterocycles. The van der Waals surface area contributed by atoms with Crippen LogP contribution in [0.5, 0.6) is 5.75 Å².